The van der Waals surface area contributed by atoms with E-state index in [1.54, 1.807) is 7.11 Å². The second kappa shape index (κ2) is 8.74. The molecule has 0 amide bonds. The predicted octanol–water partition coefficient (Wildman–Crippen LogP) is 4.00. The molecule has 7 heteroatoms. The van der Waals surface area contributed by atoms with Crippen LogP contribution >= 0.6 is 0 Å². The molecule has 0 saturated carbocycles. The SMILES string of the molecule is COc1ccc(-c2c(CNN)[nH]c3c(-c4ccccc4)c(-c4ccccc4)nn3c2=O)cc1. The van der Waals surface area contributed by atoms with Gasteiger partial charge in [-0.15, -0.1) is 0 Å². The average molecular weight is 438 g/mol. The van der Waals surface area contributed by atoms with Crippen LogP contribution in [0.2, 0.25) is 0 Å². The van der Waals surface area contributed by atoms with Crippen LogP contribution in [0.15, 0.2) is 89.7 Å². The third-order valence-electron chi connectivity index (χ3n) is 5.63. The first-order chi connectivity index (χ1) is 16.2. The van der Waals surface area contributed by atoms with E-state index in [1.807, 2.05) is 84.9 Å². The number of nitrogens with two attached hydrogens (primary N) is 1. The first-order valence-electron chi connectivity index (χ1n) is 10.6. The van der Waals surface area contributed by atoms with Crippen molar-refractivity contribution in [2.24, 2.45) is 5.84 Å². The number of methoxy groups -OCH3 is 1. The molecule has 0 radical (unpaired) electrons. The van der Waals surface area contributed by atoms with E-state index in [0.29, 0.717) is 22.7 Å². The second-order valence-electron chi connectivity index (χ2n) is 7.61. The summed E-state index contributed by atoms with van der Waals surface area (Å²) in [5, 5.41) is 4.78. The van der Waals surface area contributed by atoms with Crippen LogP contribution in [-0.4, -0.2) is 21.7 Å². The molecule has 2 heterocycles. The van der Waals surface area contributed by atoms with E-state index in [1.165, 1.54) is 4.52 Å². The van der Waals surface area contributed by atoms with Crippen LogP contribution in [0, 0.1) is 0 Å². The van der Waals surface area contributed by atoms with E-state index >= 15 is 0 Å². The molecule has 164 valence electrons. The lowest BCUT2D eigenvalue weighted by Crippen LogP contribution is -2.26. The summed E-state index contributed by atoms with van der Waals surface area (Å²) in [5.41, 5.74) is 8.49. The van der Waals surface area contributed by atoms with E-state index in [-0.39, 0.29) is 12.1 Å². The van der Waals surface area contributed by atoms with Crippen LogP contribution in [-0.2, 0) is 6.54 Å². The molecular weight excluding hydrogens is 414 g/mol. The van der Waals surface area contributed by atoms with Crippen molar-refractivity contribution < 1.29 is 4.74 Å². The Bertz CT molecular complexity index is 1460. The first kappa shape index (κ1) is 20.7. The molecule has 5 aromatic rings. The molecule has 0 aliphatic heterocycles. The van der Waals surface area contributed by atoms with Gasteiger partial charge in [0, 0.05) is 11.3 Å². The van der Waals surface area contributed by atoms with E-state index in [9.17, 15) is 4.79 Å². The maximum atomic E-state index is 13.8. The van der Waals surface area contributed by atoms with Gasteiger partial charge < -0.3 is 9.72 Å². The number of ether oxygens (including phenoxy) is 1. The smallest absolute Gasteiger partial charge is 0.282 e. The van der Waals surface area contributed by atoms with Crippen LogP contribution in [0.5, 0.6) is 5.75 Å². The Hall–Kier alpha value is -4.20. The second-order valence-corrected chi connectivity index (χ2v) is 7.61. The number of nitrogens with zero attached hydrogens (tertiary/aromatic N) is 2. The van der Waals surface area contributed by atoms with Gasteiger partial charge in [0.15, 0.2) is 0 Å². The molecule has 0 atom stereocenters. The Morgan fingerprint density at radius 2 is 1.48 bits per heavy atom. The molecule has 3 aromatic carbocycles. The summed E-state index contributed by atoms with van der Waals surface area (Å²) in [5.74, 6) is 6.39. The quantitative estimate of drug-likeness (QED) is 0.276. The lowest BCUT2D eigenvalue weighted by Gasteiger charge is -2.11. The number of aromatic nitrogens is 3. The van der Waals surface area contributed by atoms with Gasteiger partial charge >= 0.3 is 0 Å². The summed E-state index contributed by atoms with van der Waals surface area (Å²) in [4.78, 5) is 17.2. The molecule has 33 heavy (non-hydrogen) atoms. The van der Waals surface area contributed by atoms with Gasteiger partial charge in [-0.05, 0) is 23.3 Å². The van der Waals surface area contributed by atoms with E-state index in [0.717, 1.165) is 27.9 Å². The highest BCUT2D eigenvalue weighted by atomic mass is 16.5. The zero-order valence-electron chi connectivity index (χ0n) is 18.1. The van der Waals surface area contributed by atoms with Crippen molar-refractivity contribution in [2.45, 2.75) is 6.54 Å². The number of hydrazine groups is 1. The normalized spacial score (nSPS) is 11.1. The number of hydrogen-bond acceptors (Lipinski definition) is 5. The predicted molar refractivity (Wildman–Crippen MR) is 130 cm³/mol. The van der Waals surface area contributed by atoms with Gasteiger partial charge in [0.05, 0.1) is 24.8 Å². The number of H-pyrrole nitrogens is 1. The highest BCUT2D eigenvalue weighted by molar-refractivity contribution is 5.91. The number of rotatable bonds is 6. The summed E-state index contributed by atoms with van der Waals surface area (Å²) in [7, 11) is 1.61. The lowest BCUT2D eigenvalue weighted by atomic mass is 10.0. The third kappa shape index (κ3) is 3.69. The Morgan fingerprint density at radius 1 is 0.879 bits per heavy atom. The maximum Gasteiger partial charge on any atom is 0.282 e. The van der Waals surface area contributed by atoms with Crippen LogP contribution in [0.4, 0.5) is 0 Å². The van der Waals surface area contributed by atoms with E-state index < -0.39 is 0 Å². The molecule has 5 rings (SSSR count). The Kier molecular flexibility index (Phi) is 5.48. The third-order valence-corrected chi connectivity index (χ3v) is 5.63. The van der Waals surface area contributed by atoms with Gasteiger partial charge in [-0.1, -0.05) is 72.8 Å². The van der Waals surface area contributed by atoms with Gasteiger partial charge in [0.2, 0.25) is 0 Å². The fourth-order valence-electron chi connectivity index (χ4n) is 4.09. The number of fused-ring (bicyclic) bond motifs is 1. The van der Waals surface area contributed by atoms with E-state index in [2.05, 4.69) is 10.4 Å². The van der Waals surface area contributed by atoms with Crippen molar-refractivity contribution in [2.75, 3.05) is 7.11 Å². The number of nitrogens with one attached hydrogen (secondary N) is 2. The van der Waals surface area contributed by atoms with Gasteiger partial charge in [-0.3, -0.25) is 16.1 Å². The zero-order chi connectivity index (χ0) is 22.8. The maximum absolute atomic E-state index is 13.8. The summed E-state index contributed by atoms with van der Waals surface area (Å²) in [6, 6.07) is 27.2. The molecule has 0 spiro atoms. The molecule has 0 aliphatic rings. The minimum Gasteiger partial charge on any atom is -0.497 e. The van der Waals surface area contributed by atoms with Gasteiger partial charge in [0.1, 0.15) is 17.1 Å². The van der Waals surface area contributed by atoms with Crippen LogP contribution in [0.25, 0.3) is 39.2 Å². The Balaban J connectivity index is 1.84. The molecule has 2 aromatic heterocycles. The van der Waals surface area contributed by atoms with E-state index in [4.69, 9.17) is 15.7 Å². The molecular formula is C26H23N5O2. The highest BCUT2D eigenvalue weighted by Crippen LogP contribution is 2.34. The topological polar surface area (TPSA) is 97.4 Å². The van der Waals surface area contributed by atoms with Crippen LogP contribution < -0.4 is 21.6 Å². The fourth-order valence-corrected chi connectivity index (χ4v) is 4.09. The van der Waals surface area contributed by atoms with Crippen molar-refractivity contribution >= 4 is 5.65 Å². The lowest BCUT2D eigenvalue weighted by molar-refractivity contribution is 0.415. The molecule has 4 N–H and O–H groups in total. The molecule has 0 unspecified atom stereocenters. The van der Waals surface area contributed by atoms with Crippen LogP contribution in [0.3, 0.4) is 0 Å². The fraction of sp³-hybridized carbons (Fsp3) is 0.0769. The van der Waals surface area contributed by atoms with Gasteiger partial charge in [0.25, 0.3) is 5.56 Å². The molecule has 0 aliphatic carbocycles. The van der Waals surface area contributed by atoms with Gasteiger partial charge in [-0.25, -0.2) is 0 Å². The zero-order valence-corrected chi connectivity index (χ0v) is 18.1. The standard InChI is InChI=1S/C26H23N5O2/c1-33-20-14-12-18(13-15-20)22-21(16-28-27)29-25-23(17-8-4-2-5-9-17)24(30-31(25)26(22)32)19-10-6-3-7-11-19/h2-15,28-29H,16,27H2,1H3. The molecule has 0 fully saturated rings. The molecule has 0 saturated heterocycles. The van der Waals surface area contributed by atoms with Crippen molar-refractivity contribution in [3.63, 3.8) is 0 Å². The number of hydrogen-bond donors (Lipinski definition) is 3. The average Bonchev–Trinajstić information content (AvgIpc) is 3.25. The van der Waals surface area contributed by atoms with Crippen molar-refractivity contribution in [3.05, 3.63) is 101 Å². The Labute approximate surface area is 190 Å². The minimum atomic E-state index is -0.224. The summed E-state index contributed by atoms with van der Waals surface area (Å²) in [6.07, 6.45) is 0. The van der Waals surface area contributed by atoms with Crippen LogP contribution in [0.1, 0.15) is 5.69 Å². The van der Waals surface area contributed by atoms with Crippen molar-refractivity contribution in [3.8, 4) is 39.3 Å². The number of aromatic amines is 1. The monoisotopic (exact) mass is 437 g/mol. The highest BCUT2D eigenvalue weighted by Gasteiger charge is 2.22. The molecule has 7 nitrogen and oxygen atoms in total. The van der Waals surface area contributed by atoms with Crippen molar-refractivity contribution in [1.82, 2.24) is 20.0 Å². The first-order valence-corrected chi connectivity index (χ1v) is 10.6. The summed E-state index contributed by atoms with van der Waals surface area (Å²) >= 11 is 0. The summed E-state index contributed by atoms with van der Waals surface area (Å²) in [6.45, 7) is 0.285. The largest absolute Gasteiger partial charge is 0.497 e. The minimum absolute atomic E-state index is 0.224. The number of benzene rings is 3. The molecule has 0 bridgehead atoms. The Morgan fingerprint density at radius 3 is 2.09 bits per heavy atom. The van der Waals surface area contributed by atoms with Gasteiger partial charge in [-0.2, -0.15) is 9.61 Å². The van der Waals surface area contributed by atoms with Crippen molar-refractivity contribution in [1.29, 1.82) is 0 Å². The summed E-state index contributed by atoms with van der Waals surface area (Å²) < 4.78 is 6.71.